The Labute approximate surface area is 180 Å². The summed E-state index contributed by atoms with van der Waals surface area (Å²) >= 11 is 6.03. The number of halogens is 1. The predicted molar refractivity (Wildman–Crippen MR) is 116 cm³/mol. The molecule has 1 saturated heterocycles. The van der Waals surface area contributed by atoms with Crippen LogP contribution in [-0.2, 0) is 4.79 Å². The zero-order valence-corrected chi connectivity index (χ0v) is 18.8. The van der Waals surface area contributed by atoms with Gasteiger partial charge in [0, 0.05) is 24.5 Å². The van der Waals surface area contributed by atoms with Gasteiger partial charge in [-0.05, 0) is 97.8 Å². The van der Waals surface area contributed by atoms with Gasteiger partial charge in [0.25, 0.3) is 0 Å². The Morgan fingerprint density at radius 3 is 2.59 bits per heavy atom. The second-order valence-electron chi connectivity index (χ2n) is 10.8. The van der Waals surface area contributed by atoms with Crippen LogP contribution in [0.15, 0.2) is 24.3 Å². The monoisotopic (exact) mass is 415 g/mol. The molecule has 0 unspecified atom stereocenters. The number of benzene rings is 1. The zero-order valence-electron chi connectivity index (χ0n) is 18.0. The summed E-state index contributed by atoms with van der Waals surface area (Å²) in [6, 6.07) is 8.27. The minimum atomic E-state index is 0.294. The fraction of sp³-hybridized carbons (Fsp3) is 0.720. The van der Waals surface area contributed by atoms with E-state index in [0.29, 0.717) is 28.9 Å². The first-order chi connectivity index (χ1) is 13.8. The molecule has 0 aromatic heterocycles. The summed E-state index contributed by atoms with van der Waals surface area (Å²) < 4.78 is 6.42. The number of hydrogen-bond acceptors (Lipinski definition) is 2. The molecule has 4 heteroatoms. The van der Waals surface area contributed by atoms with E-state index in [1.807, 2.05) is 31.3 Å². The number of carbonyl (C=O) groups is 1. The van der Waals surface area contributed by atoms with Crippen molar-refractivity contribution in [2.75, 3.05) is 7.05 Å². The van der Waals surface area contributed by atoms with Crippen LogP contribution in [0.4, 0.5) is 0 Å². The quantitative estimate of drug-likeness (QED) is 0.597. The number of rotatable bonds is 2. The van der Waals surface area contributed by atoms with E-state index in [-0.39, 0.29) is 0 Å². The third-order valence-corrected chi connectivity index (χ3v) is 9.65. The number of fused-ring (bicyclic) bond motifs is 5. The summed E-state index contributed by atoms with van der Waals surface area (Å²) in [6.07, 6.45) is 9.54. The average molecular weight is 416 g/mol. The van der Waals surface area contributed by atoms with Gasteiger partial charge in [0.2, 0.25) is 5.91 Å². The zero-order chi connectivity index (χ0) is 20.4. The summed E-state index contributed by atoms with van der Waals surface area (Å²) in [4.78, 5) is 14.4. The first-order valence-corrected chi connectivity index (χ1v) is 11.9. The number of nitrogens with zero attached hydrogens (tertiary/aromatic N) is 1. The molecule has 4 fully saturated rings. The summed E-state index contributed by atoms with van der Waals surface area (Å²) in [6.45, 7) is 5.01. The van der Waals surface area contributed by atoms with Gasteiger partial charge >= 0.3 is 0 Å². The van der Waals surface area contributed by atoms with Gasteiger partial charge in [-0.2, -0.15) is 0 Å². The first kappa shape index (κ1) is 19.7. The molecule has 7 atom stereocenters. The lowest BCUT2D eigenvalue weighted by atomic mass is 9.47. The van der Waals surface area contributed by atoms with Gasteiger partial charge in [0.15, 0.2) is 0 Å². The van der Waals surface area contributed by atoms with Crippen molar-refractivity contribution in [1.82, 2.24) is 4.90 Å². The Morgan fingerprint density at radius 1 is 1.07 bits per heavy atom. The van der Waals surface area contributed by atoms with E-state index in [4.69, 9.17) is 16.3 Å². The van der Waals surface area contributed by atoms with E-state index in [2.05, 4.69) is 18.7 Å². The molecule has 1 aromatic carbocycles. The number of amides is 1. The SMILES string of the molecule is CN1C(=O)CC[C@]2(C)[C@H]3CC[C@]4(C)C[C@@H](Oc5ccc(Cl)cc5)C[C@H]4[C@@H]3CC[C@@H]12. The summed E-state index contributed by atoms with van der Waals surface area (Å²) in [5.74, 6) is 3.59. The van der Waals surface area contributed by atoms with Gasteiger partial charge in [-0.1, -0.05) is 25.4 Å². The molecule has 3 aliphatic carbocycles. The number of piperidine rings is 1. The van der Waals surface area contributed by atoms with E-state index in [1.54, 1.807) is 0 Å². The lowest BCUT2D eigenvalue weighted by Crippen LogP contribution is -2.61. The van der Waals surface area contributed by atoms with E-state index < -0.39 is 0 Å². The van der Waals surface area contributed by atoms with E-state index in [1.165, 1.54) is 38.5 Å². The highest BCUT2D eigenvalue weighted by Crippen LogP contribution is 2.64. The average Bonchev–Trinajstić information content (AvgIpc) is 3.03. The molecule has 0 bridgehead atoms. The van der Waals surface area contributed by atoms with E-state index in [9.17, 15) is 4.79 Å². The highest BCUT2D eigenvalue weighted by molar-refractivity contribution is 6.30. The van der Waals surface area contributed by atoms with Crippen LogP contribution in [0.5, 0.6) is 5.75 Å². The van der Waals surface area contributed by atoms with Crippen LogP contribution in [-0.4, -0.2) is 30.0 Å². The maximum Gasteiger partial charge on any atom is 0.222 e. The third kappa shape index (κ3) is 3.10. The van der Waals surface area contributed by atoms with Gasteiger partial charge in [-0.15, -0.1) is 0 Å². The van der Waals surface area contributed by atoms with Crippen LogP contribution < -0.4 is 4.74 Å². The van der Waals surface area contributed by atoms with Gasteiger partial charge in [-0.3, -0.25) is 4.79 Å². The van der Waals surface area contributed by atoms with Crippen molar-refractivity contribution in [3.63, 3.8) is 0 Å². The Bertz CT molecular complexity index is 795. The molecule has 3 nitrogen and oxygen atoms in total. The fourth-order valence-electron chi connectivity index (χ4n) is 7.94. The highest BCUT2D eigenvalue weighted by Gasteiger charge is 2.60. The maximum absolute atomic E-state index is 12.3. The fourth-order valence-corrected chi connectivity index (χ4v) is 8.07. The maximum atomic E-state index is 12.3. The molecule has 4 aliphatic rings. The van der Waals surface area contributed by atoms with Gasteiger partial charge < -0.3 is 9.64 Å². The summed E-state index contributed by atoms with van der Waals surface area (Å²) in [5.41, 5.74) is 0.694. The molecular formula is C25H34ClNO2. The molecule has 0 spiro atoms. The van der Waals surface area contributed by atoms with Crippen molar-refractivity contribution in [3.05, 3.63) is 29.3 Å². The number of likely N-dealkylation sites (tertiary alicyclic amines) is 1. The van der Waals surface area contributed by atoms with Crippen LogP contribution in [0.3, 0.4) is 0 Å². The van der Waals surface area contributed by atoms with Crippen molar-refractivity contribution < 1.29 is 9.53 Å². The topological polar surface area (TPSA) is 29.5 Å². The van der Waals surface area contributed by atoms with Crippen molar-refractivity contribution in [2.24, 2.45) is 28.6 Å². The molecule has 0 N–H and O–H groups in total. The van der Waals surface area contributed by atoms with Crippen molar-refractivity contribution in [3.8, 4) is 5.75 Å². The van der Waals surface area contributed by atoms with Crippen molar-refractivity contribution in [1.29, 1.82) is 0 Å². The number of hydrogen-bond donors (Lipinski definition) is 0. The first-order valence-electron chi connectivity index (χ1n) is 11.5. The van der Waals surface area contributed by atoms with Gasteiger partial charge in [0.05, 0.1) is 6.10 Å². The van der Waals surface area contributed by atoms with Gasteiger partial charge in [-0.25, -0.2) is 0 Å². The van der Waals surface area contributed by atoms with Crippen LogP contribution in [0.1, 0.15) is 65.2 Å². The second-order valence-corrected chi connectivity index (χ2v) is 11.2. The normalized spacial score (nSPS) is 44.1. The molecule has 0 radical (unpaired) electrons. The number of ether oxygens (including phenoxy) is 1. The minimum Gasteiger partial charge on any atom is -0.490 e. The molecule has 1 aromatic rings. The van der Waals surface area contributed by atoms with Crippen LogP contribution in [0.2, 0.25) is 5.02 Å². The Balaban J connectivity index is 1.35. The summed E-state index contributed by atoms with van der Waals surface area (Å²) in [7, 11) is 2.04. The molecule has 1 aliphatic heterocycles. The molecule has 1 heterocycles. The number of carbonyl (C=O) groups excluding carboxylic acids is 1. The molecule has 5 rings (SSSR count). The molecule has 29 heavy (non-hydrogen) atoms. The minimum absolute atomic E-state index is 0.294. The van der Waals surface area contributed by atoms with Gasteiger partial charge in [0.1, 0.15) is 5.75 Å². The predicted octanol–water partition coefficient (Wildman–Crippen LogP) is 5.95. The Hall–Kier alpha value is -1.22. The smallest absolute Gasteiger partial charge is 0.222 e. The van der Waals surface area contributed by atoms with E-state index >= 15 is 0 Å². The Morgan fingerprint density at radius 2 is 1.83 bits per heavy atom. The lowest BCUT2D eigenvalue weighted by Gasteiger charge is -2.61. The van der Waals surface area contributed by atoms with Crippen molar-refractivity contribution in [2.45, 2.75) is 77.4 Å². The Kier molecular flexibility index (Phi) is 4.70. The molecule has 158 valence electrons. The standard InChI is InChI=1S/C25H34ClNO2/c1-24-12-10-20-19(8-9-22-25(20,2)13-11-23(28)27(22)3)21(24)14-18(15-24)29-17-6-4-16(26)5-7-17/h4-7,18-22H,8-15H2,1-3H3/t18-,19+,20-,21-,22+,24+,25+/m0/s1. The molecule has 3 saturated carbocycles. The second kappa shape index (κ2) is 6.90. The van der Waals surface area contributed by atoms with Crippen LogP contribution in [0, 0.1) is 28.6 Å². The highest BCUT2D eigenvalue weighted by atomic mass is 35.5. The largest absolute Gasteiger partial charge is 0.490 e. The lowest BCUT2D eigenvalue weighted by molar-refractivity contribution is -0.156. The molecular weight excluding hydrogens is 382 g/mol. The third-order valence-electron chi connectivity index (χ3n) is 9.40. The van der Waals surface area contributed by atoms with Crippen molar-refractivity contribution >= 4 is 17.5 Å². The molecule has 1 amide bonds. The summed E-state index contributed by atoms with van der Waals surface area (Å²) in [5, 5.41) is 0.758. The van der Waals surface area contributed by atoms with E-state index in [0.717, 1.165) is 41.4 Å². The van der Waals surface area contributed by atoms with Crippen LogP contribution >= 0.6 is 11.6 Å². The van der Waals surface area contributed by atoms with Crippen LogP contribution in [0.25, 0.3) is 0 Å².